The van der Waals surface area contributed by atoms with Crippen molar-refractivity contribution in [3.05, 3.63) is 65.5 Å². The number of nitrogens with one attached hydrogen (secondary N) is 3. The number of ether oxygens (including phenoxy) is 1. The van der Waals surface area contributed by atoms with Crippen molar-refractivity contribution in [1.29, 1.82) is 5.26 Å². The first-order chi connectivity index (χ1) is 16.5. The van der Waals surface area contributed by atoms with Gasteiger partial charge in [0.25, 0.3) is 0 Å². The van der Waals surface area contributed by atoms with Crippen molar-refractivity contribution in [2.24, 2.45) is 0 Å². The molecule has 0 spiro atoms. The zero-order valence-electron chi connectivity index (χ0n) is 19.1. The fourth-order valence-electron chi connectivity index (χ4n) is 3.82. The molecule has 34 heavy (non-hydrogen) atoms. The average molecular weight is 459 g/mol. The van der Waals surface area contributed by atoms with Gasteiger partial charge >= 0.3 is 5.97 Å². The maximum atomic E-state index is 12.6. The van der Waals surface area contributed by atoms with Gasteiger partial charge in [0.2, 0.25) is 11.7 Å². The summed E-state index contributed by atoms with van der Waals surface area (Å²) in [6.07, 6.45) is 3.65. The number of benzene rings is 2. The van der Waals surface area contributed by atoms with Crippen LogP contribution in [0.3, 0.4) is 0 Å². The number of H-pyrrole nitrogens is 1. The van der Waals surface area contributed by atoms with Gasteiger partial charge in [-0.1, -0.05) is 0 Å². The lowest BCUT2D eigenvalue weighted by Crippen LogP contribution is -2.38. The van der Waals surface area contributed by atoms with Gasteiger partial charge in [-0.3, -0.25) is 4.79 Å². The second-order valence-electron chi connectivity index (χ2n) is 8.04. The predicted molar refractivity (Wildman–Crippen MR) is 130 cm³/mol. The number of nitriles is 1. The normalized spacial score (nSPS) is 11.9. The van der Waals surface area contributed by atoms with Gasteiger partial charge in [-0.15, -0.1) is 0 Å². The number of fused-ring (bicyclic) bond motifs is 2. The van der Waals surface area contributed by atoms with Crippen LogP contribution in [0.4, 0.5) is 5.69 Å². The highest BCUT2D eigenvalue weighted by Crippen LogP contribution is 2.24. The Morgan fingerprint density at radius 1 is 1.21 bits per heavy atom. The van der Waals surface area contributed by atoms with Crippen LogP contribution in [0.1, 0.15) is 41.9 Å². The van der Waals surface area contributed by atoms with E-state index in [9.17, 15) is 9.59 Å². The Hall–Kier alpha value is -4.09. The number of hydrogen-bond donors (Lipinski definition) is 3. The van der Waals surface area contributed by atoms with Crippen molar-refractivity contribution in [3.8, 4) is 6.07 Å². The van der Waals surface area contributed by atoms with Crippen molar-refractivity contribution < 1.29 is 18.7 Å². The zero-order chi connectivity index (χ0) is 24.1. The highest BCUT2D eigenvalue weighted by Gasteiger charge is 2.16. The van der Waals surface area contributed by atoms with Gasteiger partial charge in [0.15, 0.2) is 0 Å². The SMILES string of the molecule is CCOC(=O)c1cc2cc(NC(=O)C(C)NCCCc3c[nH]c4ccc(C#N)cc34)ccc2o1. The van der Waals surface area contributed by atoms with E-state index >= 15 is 0 Å². The first kappa shape index (κ1) is 23.1. The fourth-order valence-corrected chi connectivity index (χ4v) is 3.82. The van der Waals surface area contributed by atoms with Crippen LogP contribution in [0.15, 0.2) is 53.1 Å². The summed E-state index contributed by atoms with van der Waals surface area (Å²) in [6, 6.07) is 14.2. The van der Waals surface area contributed by atoms with Crippen molar-refractivity contribution in [1.82, 2.24) is 10.3 Å². The molecule has 0 radical (unpaired) electrons. The molecule has 3 N–H and O–H groups in total. The molecule has 1 unspecified atom stereocenters. The third kappa shape index (κ3) is 5.11. The van der Waals surface area contributed by atoms with E-state index in [1.165, 1.54) is 0 Å². The number of nitrogens with zero attached hydrogens (tertiary/aromatic N) is 1. The first-order valence-electron chi connectivity index (χ1n) is 11.2. The maximum Gasteiger partial charge on any atom is 0.374 e. The number of furan rings is 1. The molecule has 0 saturated heterocycles. The van der Waals surface area contributed by atoms with Gasteiger partial charge in [0.1, 0.15) is 5.58 Å². The quantitative estimate of drug-likeness (QED) is 0.251. The summed E-state index contributed by atoms with van der Waals surface area (Å²) >= 11 is 0. The van der Waals surface area contributed by atoms with Crippen LogP contribution >= 0.6 is 0 Å². The number of carbonyl (C=O) groups excluding carboxylic acids is 2. The molecule has 0 bridgehead atoms. The molecule has 8 heteroatoms. The van der Waals surface area contributed by atoms with Crippen LogP contribution in [0.5, 0.6) is 0 Å². The van der Waals surface area contributed by atoms with E-state index in [2.05, 4.69) is 21.7 Å². The van der Waals surface area contributed by atoms with E-state index in [0.717, 1.165) is 29.3 Å². The molecule has 0 aliphatic rings. The van der Waals surface area contributed by atoms with Gasteiger partial charge in [0, 0.05) is 28.2 Å². The molecule has 4 aromatic rings. The molecule has 0 fully saturated rings. The highest BCUT2D eigenvalue weighted by atomic mass is 16.5. The summed E-state index contributed by atoms with van der Waals surface area (Å²) in [7, 11) is 0. The number of hydrogen-bond acceptors (Lipinski definition) is 6. The van der Waals surface area contributed by atoms with Crippen molar-refractivity contribution in [2.75, 3.05) is 18.5 Å². The van der Waals surface area contributed by atoms with E-state index < -0.39 is 5.97 Å². The minimum atomic E-state index is -0.514. The first-order valence-corrected chi connectivity index (χ1v) is 11.2. The molecule has 2 heterocycles. The monoisotopic (exact) mass is 458 g/mol. The summed E-state index contributed by atoms with van der Waals surface area (Å²) in [4.78, 5) is 27.7. The molecule has 2 aromatic heterocycles. The largest absolute Gasteiger partial charge is 0.460 e. The van der Waals surface area contributed by atoms with Gasteiger partial charge in [-0.05, 0) is 81.3 Å². The molecule has 0 aliphatic carbocycles. The van der Waals surface area contributed by atoms with E-state index in [1.54, 1.807) is 37.3 Å². The van der Waals surface area contributed by atoms with Crippen LogP contribution in [0.25, 0.3) is 21.9 Å². The topological polar surface area (TPSA) is 120 Å². The number of aromatic nitrogens is 1. The maximum absolute atomic E-state index is 12.6. The lowest BCUT2D eigenvalue weighted by atomic mass is 10.1. The van der Waals surface area contributed by atoms with Crippen LogP contribution in [-0.2, 0) is 16.0 Å². The third-order valence-corrected chi connectivity index (χ3v) is 5.62. The van der Waals surface area contributed by atoms with E-state index in [-0.39, 0.29) is 24.3 Å². The molecule has 0 saturated carbocycles. The smallest absolute Gasteiger partial charge is 0.374 e. The van der Waals surface area contributed by atoms with Crippen molar-refractivity contribution in [2.45, 2.75) is 32.7 Å². The Balaban J connectivity index is 1.29. The van der Waals surface area contributed by atoms with Gasteiger partial charge in [-0.2, -0.15) is 5.26 Å². The minimum Gasteiger partial charge on any atom is -0.460 e. The zero-order valence-corrected chi connectivity index (χ0v) is 19.1. The molecule has 8 nitrogen and oxygen atoms in total. The standard InChI is InChI=1S/C26H26N4O4/c1-3-33-26(32)24-13-19-12-20(7-9-23(19)34-24)30-25(31)16(2)28-10-4-5-18-15-29-22-8-6-17(14-27)11-21(18)22/h6-9,11-13,15-16,28-29H,3-5,10H2,1-2H3,(H,30,31). The Bertz CT molecular complexity index is 1380. The number of esters is 1. The Morgan fingerprint density at radius 2 is 2.06 bits per heavy atom. The van der Waals surface area contributed by atoms with Gasteiger partial charge < -0.3 is 24.8 Å². The summed E-state index contributed by atoms with van der Waals surface area (Å²) in [5.41, 5.74) is 3.98. The van der Waals surface area contributed by atoms with Crippen molar-refractivity contribution >= 4 is 39.4 Å². The number of aryl methyl sites for hydroxylation is 1. The Labute approximate surface area is 196 Å². The van der Waals surface area contributed by atoms with Crippen LogP contribution in [0.2, 0.25) is 0 Å². The molecular formula is C26H26N4O4. The summed E-state index contributed by atoms with van der Waals surface area (Å²) < 4.78 is 10.5. The van der Waals surface area contributed by atoms with Gasteiger partial charge in [-0.25, -0.2) is 4.79 Å². The summed E-state index contributed by atoms with van der Waals surface area (Å²) in [6.45, 7) is 4.49. The van der Waals surface area contributed by atoms with Crippen LogP contribution in [0, 0.1) is 11.3 Å². The molecule has 4 rings (SSSR count). The number of anilines is 1. The second-order valence-corrected chi connectivity index (χ2v) is 8.04. The lowest BCUT2D eigenvalue weighted by molar-refractivity contribution is -0.117. The van der Waals surface area contributed by atoms with Gasteiger partial charge in [0.05, 0.1) is 24.3 Å². The fraction of sp³-hybridized carbons (Fsp3) is 0.269. The summed E-state index contributed by atoms with van der Waals surface area (Å²) in [5, 5.41) is 17.0. The van der Waals surface area contributed by atoms with Crippen molar-refractivity contribution in [3.63, 3.8) is 0 Å². The van der Waals surface area contributed by atoms with Crippen LogP contribution in [-0.4, -0.2) is 36.1 Å². The molecule has 1 atom stereocenters. The molecule has 1 amide bonds. The Kier molecular flexibility index (Phi) is 6.95. The van der Waals surface area contributed by atoms with E-state index in [1.807, 2.05) is 25.3 Å². The second kappa shape index (κ2) is 10.2. The minimum absolute atomic E-state index is 0.134. The number of aromatic amines is 1. The summed E-state index contributed by atoms with van der Waals surface area (Å²) in [5.74, 6) is -0.533. The average Bonchev–Trinajstić information content (AvgIpc) is 3.45. The third-order valence-electron chi connectivity index (χ3n) is 5.62. The number of amides is 1. The number of carbonyl (C=O) groups is 2. The van der Waals surface area contributed by atoms with E-state index in [0.29, 0.717) is 28.8 Å². The molecular weight excluding hydrogens is 432 g/mol. The predicted octanol–water partition coefficient (Wildman–Crippen LogP) is 4.51. The van der Waals surface area contributed by atoms with Crippen LogP contribution < -0.4 is 10.6 Å². The molecule has 0 aliphatic heterocycles. The highest BCUT2D eigenvalue weighted by molar-refractivity contribution is 5.98. The lowest BCUT2D eigenvalue weighted by Gasteiger charge is -2.14. The van der Waals surface area contributed by atoms with E-state index in [4.69, 9.17) is 14.4 Å². The Morgan fingerprint density at radius 3 is 2.85 bits per heavy atom. The molecule has 2 aromatic carbocycles. The number of rotatable bonds is 9. The molecule has 174 valence electrons.